The maximum atomic E-state index is 13.6. The lowest BCUT2D eigenvalue weighted by Crippen LogP contribution is -2.41. The fourth-order valence-corrected chi connectivity index (χ4v) is 5.23. The topological polar surface area (TPSA) is 42.0 Å². The number of ether oxygens (including phenoxy) is 2. The van der Waals surface area contributed by atoms with E-state index in [1.807, 2.05) is 23.1 Å². The minimum atomic E-state index is -0.0786. The van der Waals surface area contributed by atoms with Gasteiger partial charge in [-0.15, -0.1) is 0 Å². The van der Waals surface area contributed by atoms with Crippen LogP contribution in [-0.4, -0.2) is 55.6 Å². The Balaban J connectivity index is 1.62. The van der Waals surface area contributed by atoms with E-state index in [4.69, 9.17) is 32.7 Å². The summed E-state index contributed by atoms with van der Waals surface area (Å²) in [6, 6.07) is 11.7. The zero-order valence-electron chi connectivity index (χ0n) is 18.6. The van der Waals surface area contributed by atoms with Gasteiger partial charge >= 0.3 is 0 Å². The van der Waals surface area contributed by atoms with E-state index in [-0.39, 0.29) is 5.91 Å². The molecule has 1 amide bonds. The molecule has 2 heterocycles. The minimum Gasteiger partial charge on any atom is -0.493 e. The van der Waals surface area contributed by atoms with Gasteiger partial charge in [0.05, 0.1) is 14.2 Å². The van der Waals surface area contributed by atoms with E-state index >= 15 is 0 Å². The normalized spacial score (nSPS) is 20.1. The molecule has 32 heavy (non-hydrogen) atoms. The molecule has 2 atom stereocenters. The molecule has 0 aromatic heterocycles. The molecule has 7 heteroatoms. The second-order valence-corrected chi connectivity index (χ2v) is 9.25. The average Bonchev–Trinajstić information content (AvgIpc) is 2.98. The largest absolute Gasteiger partial charge is 0.493 e. The summed E-state index contributed by atoms with van der Waals surface area (Å²) in [4.78, 5) is 17.9. The van der Waals surface area contributed by atoms with Crippen LogP contribution in [0, 0.1) is 0 Å². The minimum absolute atomic E-state index is 0.0786. The Kier molecular flexibility index (Phi) is 6.99. The molecule has 4 rings (SSSR count). The van der Waals surface area contributed by atoms with Crippen LogP contribution in [0.4, 0.5) is 0 Å². The summed E-state index contributed by atoms with van der Waals surface area (Å²) in [6.07, 6.45) is 6.08. The molecule has 1 fully saturated rings. The molecule has 2 aromatic rings. The van der Waals surface area contributed by atoms with Gasteiger partial charge in [-0.3, -0.25) is 9.69 Å². The number of methoxy groups -OCH3 is 2. The summed E-state index contributed by atoms with van der Waals surface area (Å²) < 4.78 is 10.8. The van der Waals surface area contributed by atoms with Crippen LogP contribution < -0.4 is 9.47 Å². The summed E-state index contributed by atoms with van der Waals surface area (Å²) in [5.41, 5.74) is 2.65. The third-order valence-corrected chi connectivity index (χ3v) is 6.93. The number of carbonyl (C=O) groups excluding carboxylic acids is 1. The van der Waals surface area contributed by atoms with Crippen LogP contribution in [0.5, 0.6) is 11.5 Å². The third-order valence-electron chi connectivity index (χ3n) is 6.50. The Bertz CT molecular complexity index is 1020. The summed E-state index contributed by atoms with van der Waals surface area (Å²) >= 11 is 12.4. The van der Waals surface area contributed by atoms with Crippen LogP contribution in [-0.2, 0) is 6.42 Å². The van der Waals surface area contributed by atoms with Gasteiger partial charge < -0.3 is 14.4 Å². The predicted octanol–water partition coefficient (Wildman–Crippen LogP) is 5.45. The molecular weight excluding hydrogens is 447 g/mol. The van der Waals surface area contributed by atoms with Crippen molar-refractivity contribution in [2.45, 2.75) is 37.8 Å². The number of nitrogens with zero attached hydrogens (tertiary/aromatic N) is 2. The standard InChI is InChI=1S/C25H28Cl2N2O3/c1-28-20-5-6-21(28)15-22(14-20)29(25(30)17-11-18(26)13-19(27)12-17)9-8-16-4-7-23(31-2)24(10-16)32-3/h4,7,10-14,20-21H,5-6,8-9,15H2,1-3H3/t20-,21+/m1/s1. The Hall–Kier alpha value is -2.21. The van der Waals surface area contributed by atoms with Crippen molar-refractivity contribution in [2.75, 3.05) is 27.8 Å². The molecule has 0 aliphatic carbocycles. The maximum absolute atomic E-state index is 13.6. The van der Waals surface area contributed by atoms with Crippen LogP contribution in [0.25, 0.3) is 0 Å². The van der Waals surface area contributed by atoms with Crippen LogP contribution in [0.3, 0.4) is 0 Å². The Morgan fingerprint density at radius 1 is 1.06 bits per heavy atom. The molecule has 2 aromatic carbocycles. The quantitative estimate of drug-likeness (QED) is 0.535. The lowest BCUT2D eigenvalue weighted by Gasteiger charge is -2.35. The molecule has 0 N–H and O–H groups in total. The number of rotatable bonds is 7. The van der Waals surface area contributed by atoms with Gasteiger partial charge in [0, 0.05) is 46.4 Å². The molecule has 5 nitrogen and oxygen atoms in total. The SMILES string of the molecule is COc1ccc(CCN(C(=O)c2cc(Cl)cc(Cl)c2)C2=C[C@H]3CC[C@@H](C2)N3C)cc1OC. The van der Waals surface area contributed by atoms with Crippen molar-refractivity contribution < 1.29 is 14.3 Å². The van der Waals surface area contributed by atoms with Crippen LogP contribution in [0.2, 0.25) is 10.0 Å². The van der Waals surface area contributed by atoms with E-state index in [0.29, 0.717) is 52.2 Å². The number of hydrogen-bond acceptors (Lipinski definition) is 4. The van der Waals surface area contributed by atoms with E-state index in [0.717, 1.165) is 30.5 Å². The fraction of sp³-hybridized carbons (Fsp3) is 0.400. The van der Waals surface area contributed by atoms with E-state index < -0.39 is 0 Å². The van der Waals surface area contributed by atoms with Crippen molar-refractivity contribution in [1.82, 2.24) is 9.80 Å². The summed E-state index contributed by atoms with van der Waals surface area (Å²) in [5, 5.41) is 0.913. The Morgan fingerprint density at radius 3 is 2.44 bits per heavy atom. The molecular formula is C25H28Cl2N2O3. The average molecular weight is 475 g/mol. The highest BCUT2D eigenvalue weighted by Crippen LogP contribution is 2.36. The second kappa shape index (κ2) is 9.74. The number of hydrogen-bond donors (Lipinski definition) is 0. The fourth-order valence-electron chi connectivity index (χ4n) is 4.71. The van der Waals surface area contributed by atoms with Gasteiger partial charge in [-0.05, 0) is 68.3 Å². The van der Waals surface area contributed by atoms with Crippen molar-refractivity contribution in [1.29, 1.82) is 0 Å². The molecule has 170 valence electrons. The van der Waals surface area contributed by atoms with Gasteiger partial charge in [0.25, 0.3) is 5.91 Å². The van der Waals surface area contributed by atoms with Crippen molar-refractivity contribution in [3.05, 3.63) is 69.3 Å². The third kappa shape index (κ3) is 4.75. The van der Waals surface area contributed by atoms with E-state index in [1.54, 1.807) is 32.4 Å². The van der Waals surface area contributed by atoms with Crippen molar-refractivity contribution in [2.24, 2.45) is 0 Å². The molecule has 0 unspecified atom stereocenters. The van der Waals surface area contributed by atoms with Gasteiger partial charge in [0.1, 0.15) is 0 Å². The highest BCUT2D eigenvalue weighted by molar-refractivity contribution is 6.35. The molecule has 2 aliphatic heterocycles. The lowest BCUT2D eigenvalue weighted by atomic mass is 10.0. The molecule has 1 saturated heterocycles. The molecule has 0 saturated carbocycles. The van der Waals surface area contributed by atoms with Crippen molar-refractivity contribution >= 4 is 29.1 Å². The van der Waals surface area contributed by atoms with Gasteiger partial charge in [-0.1, -0.05) is 29.3 Å². The number of carbonyl (C=O) groups is 1. The van der Waals surface area contributed by atoms with Gasteiger partial charge in [0.15, 0.2) is 11.5 Å². The molecule has 0 radical (unpaired) electrons. The van der Waals surface area contributed by atoms with Gasteiger partial charge in [0.2, 0.25) is 0 Å². The summed E-state index contributed by atoms with van der Waals surface area (Å²) in [5.74, 6) is 1.29. The smallest absolute Gasteiger partial charge is 0.258 e. The predicted molar refractivity (Wildman–Crippen MR) is 128 cm³/mol. The van der Waals surface area contributed by atoms with Crippen molar-refractivity contribution in [3.63, 3.8) is 0 Å². The first-order valence-corrected chi connectivity index (χ1v) is 11.6. The van der Waals surface area contributed by atoms with Crippen LogP contribution in [0.1, 0.15) is 35.2 Å². The monoisotopic (exact) mass is 474 g/mol. The zero-order chi connectivity index (χ0) is 22.8. The summed E-state index contributed by atoms with van der Waals surface area (Å²) in [6.45, 7) is 0.549. The first-order valence-electron chi connectivity index (χ1n) is 10.8. The second-order valence-electron chi connectivity index (χ2n) is 8.38. The van der Waals surface area contributed by atoms with E-state index in [2.05, 4.69) is 18.0 Å². The Labute approximate surface area is 199 Å². The van der Waals surface area contributed by atoms with Crippen LogP contribution >= 0.6 is 23.2 Å². The van der Waals surface area contributed by atoms with Crippen LogP contribution in [0.15, 0.2) is 48.2 Å². The first kappa shape index (κ1) is 23.0. The number of fused-ring (bicyclic) bond motifs is 2. The van der Waals surface area contributed by atoms with Gasteiger partial charge in [-0.2, -0.15) is 0 Å². The van der Waals surface area contributed by atoms with Crippen molar-refractivity contribution in [3.8, 4) is 11.5 Å². The molecule has 0 spiro atoms. The number of amides is 1. The highest BCUT2D eigenvalue weighted by atomic mass is 35.5. The number of halogens is 2. The molecule has 2 aliphatic rings. The highest BCUT2D eigenvalue weighted by Gasteiger charge is 2.36. The van der Waals surface area contributed by atoms with E-state index in [1.165, 1.54) is 0 Å². The number of benzene rings is 2. The first-order chi connectivity index (χ1) is 15.4. The maximum Gasteiger partial charge on any atom is 0.258 e. The summed E-state index contributed by atoms with van der Waals surface area (Å²) in [7, 11) is 5.41. The van der Waals surface area contributed by atoms with Gasteiger partial charge in [-0.25, -0.2) is 0 Å². The Morgan fingerprint density at radius 2 is 1.78 bits per heavy atom. The van der Waals surface area contributed by atoms with E-state index in [9.17, 15) is 4.79 Å². The molecule has 2 bridgehead atoms. The zero-order valence-corrected chi connectivity index (χ0v) is 20.1. The lowest BCUT2D eigenvalue weighted by molar-refractivity contribution is 0.0787. The number of likely N-dealkylation sites (N-methyl/N-ethyl adjacent to an activating group) is 1.